The van der Waals surface area contributed by atoms with Gasteiger partial charge in [0.2, 0.25) is 11.8 Å². The van der Waals surface area contributed by atoms with Gasteiger partial charge < -0.3 is 41.3 Å². The summed E-state index contributed by atoms with van der Waals surface area (Å²) in [6.07, 6.45) is 0.418. The maximum Gasteiger partial charge on any atom is 0.318 e. The SMILES string of the molecule is CC(C)[C@H](NC(=O)N(C)Cc1nccs1)C(=O)N[C@@H](Cc1ccccc1)[C@H](O)[C@@H](O)[C@H](Cc1ccccc1)NC(=O)[C@@H](NC(=O)N(C)Cc1nccs1)C(C)C. The van der Waals surface area contributed by atoms with Crippen LogP contribution in [-0.4, -0.2) is 104 Å². The van der Waals surface area contributed by atoms with E-state index in [-0.39, 0.29) is 37.8 Å². The largest absolute Gasteiger partial charge is 0.388 e. The molecule has 0 bridgehead atoms. The number of thiazole rings is 2. The molecule has 0 aliphatic rings. The van der Waals surface area contributed by atoms with Gasteiger partial charge in [-0.1, -0.05) is 88.4 Å². The van der Waals surface area contributed by atoms with Gasteiger partial charge in [0.25, 0.3) is 0 Å². The van der Waals surface area contributed by atoms with Crippen LogP contribution in [0.2, 0.25) is 0 Å². The van der Waals surface area contributed by atoms with Crippen molar-refractivity contribution in [2.75, 3.05) is 14.1 Å². The number of aromatic nitrogens is 2. The van der Waals surface area contributed by atoms with Crippen molar-refractivity contribution in [1.82, 2.24) is 41.0 Å². The molecule has 0 fully saturated rings. The highest BCUT2D eigenvalue weighted by atomic mass is 32.1. The van der Waals surface area contributed by atoms with Crippen molar-refractivity contribution in [3.63, 3.8) is 0 Å². The van der Waals surface area contributed by atoms with Gasteiger partial charge in [-0.25, -0.2) is 19.6 Å². The van der Waals surface area contributed by atoms with Gasteiger partial charge in [0.1, 0.15) is 34.3 Å². The predicted molar refractivity (Wildman–Crippen MR) is 218 cm³/mol. The highest BCUT2D eigenvalue weighted by molar-refractivity contribution is 7.09. The molecule has 14 nitrogen and oxygen atoms in total. The van der Waals surface area contributed by atoms with Gasteiger partial charge in [-0.05, 0) is 35.8 Å². The van der Waals surface area contributed by atoms with Gasteiger partial charge in [-0.3, -0.25) is 9.59 Å². The molecule has 6 atom stereocenters. The summed E-state index contributed by atoms with van der Waals surface area (Å²) in [6, 6.07) is 13.4. The first-order valence-electron chi connectivity index (χ1n) is 18.6. The second kappa shape index (κ2) is 21.4. The van der Waals surface area contributed by atoms with E-state index >= 15 is 0 Å². The lowest BCUT2D eigenvalue weighted by Crippen LogP contribution is -2.62. The number of hydrogen-bond acceptors (Lipinski definition) is 10. The minimum atomic E-state index is -1.58. The number of rotatable bonds is 19. The Kier molecular flexibility index (Phi) is 16.8. The summed E-state index contributed by atoms with van der Waals surface area (Å²) in [6.45, 7) is 7.72. The van der Waals surface area contributed by atoms with Gasteiger partial charge in [-0.2, -0.15) is 0 Å². The molecule has 0 saturated carbocycles. The predicted octanol–water partition coefficient (Wildman–Crippen LogP) is 3.81. The van der Waals surface area contributed by atoms with Crippen LogP contribution in [0.3, 0.4) is 0 Å². The molecule has 0 saturated heterocycles. The van der Waals surface area contributed by atoms with E-state index in [1.807, 2.05) is 71.4 Å². The molecular weight excluding hydrogens is 753 g/mol. The van der Waals surface area contributed by atoms with Crippen LogP contribution in [0.5, 0.6) is 0 Å². The molecule has 0 spiro atoms. The number of aliphatic hydroxyl groups is 2. The molecule has 0 aliphatic heterocycles. The molecule has 302 valence electrons. The fourth-order valence-electron chi connectivity index (χ4n) is 6.04. The van der Waals surface area contributed by atoms with Gasteiger partial charge >= 0.3 is 12.1 Å². The standard InChI is InChI=1S/C40H54N8O6S2/c1-25(2)33(45-39(53)47(5)23-31-41-17-19-55-31)37(51)43-29(21-27-13-9-7-10-14-27)35(49)36(50)30(22-28-15-11-8-12-16-28)44-38(52)34(26(3)4)46-40(54)48(6)24-32-42-18-20-56-32/h7-20,25-26,29-30,33-36,49-50H,21-24H2,1-6H3,(H,43,51)(H,44,52)(H,45,53)(H,46,54)/t29-,30-,33-,34-,35-,36-/m0/s1. The Labute approximate surface area is 336 Å². The Morgan fingerprint density at radius 1 is 0.607 bits per heavy atom. The third-order valence-electron chi connectivity index (χ3n) is 9.29. The average Bonchev–Trinajstić information content (AvgIpc) is 3.90. The Morgan fingerprint density at radius 2 is 0.964 bits per heavy atom. The van der Waals surface area contributed by atoms with E-state index in [2.05, 4.69) is 31.2 Å². The number of benzene rings is 2. The van der Waals surface area contributed by atoms with Crippen LogP contribution in [0.1, 0.15) is 48.8 Å². The molecule has 2 aromatic carbocycles. The molecular formula is C40H54N8O6S2. The number of amides is 6. The van der Waals surface area contributed by atoms with Gasteiger partial charge in [0.05, 0.1) is 25.2 Å². The molecule has 0 aliphatic carbocycles. The second-order valence-electron chi connectivity index (χ2n) is 14.5. The maximum atomic E-state index is 14.0. The molecule has 6 N–H and O–H groups in total. The lowest BCUT2D eigenvalue weighted by molar-refractivity contribution is -0.129. The number of nitrogens with zero attached hydrogens (tertiary/aromatic N) is 4. The maximum absolute atomic E-state index is 14.0. The highest BCUT2D eigenvalue weighted by Gasteiger charge is 2.38. The molecule has 2 aromatic heterocycles. The summed E-state index contributed by atoms with van der Waals surface area (Å²) < 4.78 is 0. The lowest BCUT2D eigenvalue weighted by atomic mass is 9.90. The van der Waals surface area contributed by atoms with Crippen molar-refractivity contribution in [1.29, 1.82) is 0 Å². The van der Waals surface area contributed by atoms with Crippen molar-refractivity contribution in [2.24, 2.45) is 11.8 Å². The first-order chi connectivity index (χ1) is 26.7. The molecule has 4 rings (SSSR count). The lowest BCUT2D eigenvalue weighted by Gasteiger charge is -2.35. The monoisotopic (exact) mass is 806 g/mol. The van der Waals surface area contributed by atoms with Crippen LogP contribution in [0.4, 0.5) is 9.59 Å². The summed E-state index contributed by atoms with van der Waals surface area (Å²) in [5, 5.41) is 40.5. The van der Waals surface area contributed by atoms with Crippen LogP contribution in [0.25, 0.3) is 0 Å². The Hall–Kier alpha value is -4.90. The van der Waals surface area contributed by atoms with Gasteiger partial charge in [-0.15, -0.1) is 22.7 Å². The third kappa shape index (κ3) is 13.1. The van der Waals surface area contributed by atoms with E-state index in [1.54, 1.807) is 54.2 Å². The molecule has 4 aromatic rings. The van der Waals surface area contributed by atoms with Gasteiger partial charge in [0, 0.05) is 37.2 Å². The van der Waals surface area contributed by atoms with E-state index in [4.69, 9.17) is 0 Å². The van der Waals surface area contributed by atoms with E-state index in [0.717, 1.165) is 21.1 Å². The number of carbonyl (C=O) groups excluding carboxylic acids is 4. The topological polar surface area (TPSA) is 189 Å². The summed E-state index contributed by atoms with van der Waals surface area (Å²) in [4.78, 5) is 65.7. The molecule has 16 heteroatoms. The zero-order valence-corrected chi connectivity index (χ0v) is 34.3. The van der Waals surface area contributed by atoms with Crippen LogP contribution >= 0.6 is 22.7 Å². The van der Waals surface area contributed by atoms with Crippen molar-refractivity contribution < 1.29 is 29.4 Å². The quantitative estimate of drug-likeness (QED) is 0.0826. The van der Waals surface area contributed by atoms with Crippen molar-refractivity contribution in [3.05, 3.63) is 105 Å². The Morgan fingerprint density at radius 3 is 1.27 bits per heavy atom. The number of urea groups is 2. The fraction of sp³-hybridized carbons (Fsp3) is 0.450. The number of nitrogens with one attached hydrogen (secondary N) is 4. The Bertz CT molecular complexity index is 1670. The molecule has 56 heavy (non-hydrogen) atoms. The van der Waals surface area contributed by atoms with E-state index in [9.17, 15) is 29.4 Å². The van der Waals surface area contributed by atoms with E-state index in [0.29, 0.717) is 0 Å². The zero-order valence-electron chi connectivity index (χ0n) is 32.7. The van der Waals surface area contributed by atoms with Crippen molar-refractivity contribution >= 4 is 46.6 Å². The van der Waals surface area contributed by atoms with Crippen molar-refractivity contribution in [2.45, 2.75) is 90.0 Å². The van der Waals surface area contributed by atoms with Crippen LogP contribution in [0.15, 0.2) is 83.8 Å². The van der Waals surface area contributed by atoms with E-state index < -0.39 is 60.3 Å². The first kappa shape index (κ1) is 43.8. The second-order valence-corrected chi connectivity index (χ2v) is 16.5. The highest BCUT2D eigenvalue weighted by Crippen LogP contribution is 2.17. The summed E-state index contributed by atoms with van der Waals surface area (Å²) in [5.41, 5.74) is 1.57. The number of aliphatic hydroxyl groups excluding tert-OH is 2. The third-order valence-corrected chi connectivity index (χ3v) is 10.8. The summed E-state index contributed by atoms with van der Waals surface area (Å²) in [5.74, 6) is -1.76. The van der Waals surface area contributed by atoms with Gasteiger partial charge in [0.15, 0.2) is 0 Å². The smallest absolute Gasteiger partial charge is 0.318 e. The molecule has 6 amide bonds. The van der Waals surface area contributed by atoms with Crippen LogP contribution < -0.4 is 21.3 Å². The minimum Gasteiger partial charge on any atom is -0.388 e. The van der Waals surface area contributed by atoms with Crippen LogP contribution in [-0.2, 0) is 35.5 Å². The average molecular weight is 807 g/mol. The van der Waals surface area contributed by atoms with Crippen LogP contribution in [0, 0.1) is 11.8 Å². The van der Waals surface area contributed by atoms with E-state index in [1.165, 1.54) is 32.5 Å². The zero-order chi connectivity index (χ0) is 40.8. The summed E-state index contributed by atoms with van der Waals surface area (Å²) >= 11 is 2.83. The molecule has 0 unspecified atom stereocenters. The number of carbonyl (C=O) groups is 4. The fourth-order valence-corrected chi connectivity index (χ4v) is 7.38. The summed E-state index contributed by atoms with van der Waals surface area (Å²) in [7, 11) is 3.23. The number of hydrogen-bond donors (Lipinski definition) is 6. The first-order valence-corrected chi connectivity index (χ1v) is 20.3. The molecule has 2 heterocycles. The van der Waals surface area contributed by atoms with Crippen molar-refractivity contribution in [3.8, 4) is 0 Å². The molecule has 0 radical (unpaired) electrons. The minimum absolute atomic E-state index is 0.135. The Balaban J connectivity index is 1.56. The normalized spacial score (nSPS) is 14.5.